The molecule has 0 spiro atoms. The number of hydrogen-bond donors (Lipinski definition) is 0. The Balaban J connectivity index is 0.000000254. The van der Waals surface area contributed by atoms with Crippen LogP contribution in [0.1, 0.15) is 75.4 Å². The van der Waals surface area contributed by atoms with Crippen molar-refractivity contribution in [3.05, 3.63) is 160 Å². The molecule has 15 heteroatoms. The fourth-order valence-electron chi connectivity index (χ4n) is 6.35. The highest BCUT2D eigenvalue weighted by molar-refractivity contribution is 6.00. The van der Waals surface area contributed by atoms with Crippen LogP contribution >= 0.6 is 0 Å². The van der Waals surface area contributed by atoms with Gasteiger partial charge in [-0.25, -0.2) is 4.79 Å². The van der Waals surface area contributed by atoms with Gasteiger partial charge in [0.15, 0.2) is 5.78 Å². The molecule has 5 aromatic carbocycles. The smallest absolute Gasteiger partial charge is 0.416 e. The number of halogens is 6. The number of carbonyl (C=O) groups excluding carboxylic acids is 3. The molecule has 1 heterocycles. The van der Waals surface area contributed by atoms with Crippen LogP contribution in [0.15, 0.2) is 121 Å². The summed E-state index contributed by atoms with van der Waals surface area (Å²) in [5.41, 5.74) is 2.19. The second-order valence-electron chi connectivity index (χ2n) is 14.3. The lowest BCUT2D eigenvalue weighted by molar-refractivity contribution is -0.138. The molecule has 0 saturated heterocycles. The van der Waals surface area contributed by atoms with E-state index in [1.807, 2.05) is 19.1 Å². The maximum Gasteiger partial charge on any atom is 0.416 e. The lowest BCUT2D eigenvalue weighted by atomic mass is 10.0. The Morgan fingerprint density at radius 2 is 1.17 bits per heavy atom. The number of nitrogens with zero attached hydrogens (tertiary/aromatic N) is 1. The molecule has 1 aromatic heterocycles. The molecule has 0 bridgehead atoms. The Bertz CT molecular complexity index is 2550. The van der Waals surface area contributed by atoms with Crippen molar-refractivity contribution < 1.29 is 64.4 Å². The zero-order valence-corrected chi connectivity index (χ0v) is 35.6. The maximum atomic E-state index is 13.7. The summed E-state index contributed by atoms with van der Waals surface area (Å²) in [5.74, 6) is 0.443. The van der Waals surface area contributed by atoms with Crippen molar-refractivity contribution in [3.63, 3.8) is 0 Å². The van der Waals surface area contributed by atoms with Crippen molar-refractivity contribution in [1.82, 2.24) is 4.57 Å². The van der Waals surface area contributed by atoms with E-state index in [0.717, 1.165) is 47.2 Å². The molecule has 0 unspecified atom stereocenters. The second-order valence-corrected chi connectivity index (χ2v) is 14.3. The first-order chi connectivity index (χ1) is 30.4. The Kier molecular flexibility index (Phi) is 16.0. The van der Waals surface area contributed by atoms with Gasteiger partial charge in [0.1, 0.15) is 42.0 Å². The predicted molar refractivity (Wildman–Crippen MR) is 227 cm³/mol. The van der Waals surface area contributed by atoms with Gasteiger partial charge in [-0.15, -0.1) is 0 Å². The van der Waals surface area contributed by atoms with Crippen molar-refractivity contribution in [1.29, 1.82) is 0 Å². The van der Waals surface area contributed by atoms with Gasteiger partial charge in [-0.05, 0) is 123 Å². The number of aromatic nitrogens is 1. The largest absolute Gasteiger partial charge is 0.497 e. The van der Waals surface area contributed by atoms with Crippen LogP contribution in [0.3, 0.4) is 0 Å². The van der Waals surface area contributed by atoms with Crippen molar-refractivity contribution in [3.8, 4) is 39.9 Å². The molecule has 64 heavy (non-hydrogen) atoms. The monoisotopic (exact) mass is 889 g/mol. The fourth-order valence-corrected chi connectivity index (χ4v) is 6.35. The first-order valence-electron chi connectivity index (χ1n) is 19.8. The Hall–Kier alpha value is -7.03. The highest BCUT2D eigenvalue weighted by atomic mass is 19.4. The van der Waals surface area contributed by atoms with E-state index in [0.29, 0.717) is 34.2 Å². The van der Waals surface area contributed by atoms with E-state index in [9.17, 15) is 40.7 Å². The zero-order valence-electron chi connectivity index (χ0n) is 35.6. The number of alkyl halides is 6. The minimum absolute atomic E-state index is 0.0347. The Morgan fingerprint density at radius 3 is 1.70 bits per heavy atom. The lowest BCUT2D eigenvalue weighted by Gasteiger charge is -2.18. The standard InChI is InChI=1S/C29H26F3NO4.C20H19F3O4/c1-4-36-28(34)21-6-5-7-23(16-21)33-19(2)8-14-26(33)25-17-22(29(30,31)32)11-15-27(25)37-18-20-9-12-24(35-3)13-10-20;1-13(24)3-9-18(25)17-11-15(20(21,22)23)6-10-19(17)27-12-14-4-7-16(26-2)8-5-14/h5-17H,4,18H2,1-3H3;4-8,10-11H,3,9,12H2,1-2H3. The summed E-state index contributed by atoms with van der Waals surface area (Å²) in [6, 6.07) is 30.7. The van der Waals surface area contributed by atoms with Gasteiger partial charge in [-0.2, -0.15) is 26.3 Å². The molecule has 0 radical (unpaired) electrons. The van der Waals surface area contributed by atoms with E-state index in [2.05, 4.69) is 0 Å². The number of methoxy groups -OCH3 is 2. The molecule has 0 aliphatic rings. The summed E-state index contributed by atoms with van der Waals surface area (Å²) < 4.78 is 109. The van der Waals surface area contributed by atoms with Gasteiger partial charge in [0, 0.05) is 29.8 Å². The predicted octanol–water partition coefficient (Wildman–Crippen LogP) is 12.1. The number of ether oxygens (including phenoxy) is 5. The van der Waals surface area contributed by atoms with E-state index in [1.54, 1.807) is 91.4 Å². The third kappa shape index (κ3) is 12.8. The van der Waals surface area contributed by atoms with E-state index < -0.39 is 35.2 Å². The first kappa shape index (κ1) is 48.0. The van der Waals surface area contributed by atoms with Crippen LogP contribution in [-0.2, 0) is 35.1 Å². The molecule has 6 rings (SSSR count). The zero-order chi connectivity index (χ0) is 46.6. The highest BCUT2D eigenvalue weighted by Crippen LogP contribution is 2.40. The molecular formula is C49H45F6NO8. The fraction of sp³-hybridized carbons (Fsp3) is 0.245. The van der Waals surface area contributed by atoms with Gasteiger partial charge in [-0.1, -0.05) is 30.3 Å². The summed E-state index contributed by atoms with van der Waals surface area (Å²) in [6.45, 7) is 5.34. The van der Waals surface area contributed by atoms with Crippen LogP contribution in [0.2, 0.25) is 0 Å². The molecule has 336 valence electrons. The number of Topliss-reactive ketones (excluding diaryl/α,β-unsaturated/α-hetero) is 2. The van der Waals surface area contributed by atoms with Crippen molar-refractivity contribution in [2.24, 2.45) is 0 Å². The van der Waals surface area contributed by atoms with Crippen molar-refractivity contribution >= 4 is 17.5 Å². The van der Waals surface area contributed by atoms with Gasteiger partial charge in [0.2, 0.25) is 0 Å². The molecule has 0 aliphatic heterocycles. The van der Waals surface area contributed by atoms with Crippen LogP contribution in [0.5, 0.6) is 23.0 Å². The van der Waals surface area contributed by atoms with E-state index in [-0.39, 0.29) is 55.3 Å². The summed E-state index contributed by atoms with van der Waals surface area (Å²) in [5, 5.41) is 0. The summed E-state index contributed by atoms with van der Waals surface area (Å²) in [7, 11) is 3.10. The Morgan fingerprint density at radius 1 is 0.625 bits per heavy atom. The highest BCUT2D eigenvalue weighted by Gasteiger charge is 2.33. The van der Waals surface area contributed by atoms with Gasteiger partial charge < -0.3 is 33.0 Å². The Labute approximate surface area is 366 Å². The van der Waals surface area contributed by atoms with Crippen molar-refractivity contribution in [2.75, 3.05) is 20.8 Å². The first-order valence-corrected chi connectivity index (χ1v) is 19.8. The molecule has 0 amide bonds. The number of hydrogen-bond acceptors (Lipinski definition) is 8. The van der Waals surface area contributed by atoms with Crippen molar-refractivity contribution in [2.45, 2.75) is 59.2 Å². The molecule has 0 N–H and O–H groups in total. The molecule has 0 fully saturated rings. The van der Waals surface area contributed by atoms with Crippen LogP contribution < -0.4 is 18.9 Å². The average molecular weight is 890 g/mol. The van der Waals surface area contributed by atoms with E-state index >= 15 is 0 Å². The summed E-state index contributed by atoms with van der Waals surface area (Å²) >= 11 is 0. The molecule has 0 saturated carbocycles. The van der Waals surface area contributed by atoms with Gasteiger partial charge >= 0.3 is 18.3 Å². The number of aryl methyl sites for hydroxylation is 1. The van der Waals surface area contributed by atoms with E-state index in [1.165, 1.54) is 20.1 Å². The lowest BCUT2D eigenvalue weighted by Crippen LogP contribution is -2.10. The third-order valence-electron chi connectivity index (χ3n) is 9.69. The number of esters is 1. The van der Waals surface area contributed by atoms with Gasteiger partial charge in [0.25, 0.3) is 0 Å². The minimum atomic E-state index is -4.58. The van der Waals surface area contributed by atoms with Gasteiger partial charge in [0.05, 0.1) is 48.8 Å². The summed E-state index contributed by atoms with van der Waals surface area (Å²) in [6.07, 6.45) is -9.31. The quantitative estimate of drug-likeness (QED) is 0.0538. The minimum Gasteiger partial charge on any atom is -0.497 e. The molecule has 6 aromatic rings. The number of benzene rings is 5. The number of carbonyl (C=O) groups is 3. The molecule has 0 aliphatic carbocycles. The van der Waals surface area contributed by atoms with Crippen LogP contribution in [-0.4, -0.2) is 42.9 Å². The van der Waals surface area contributed by atoms with Gasteiger partial charge in [-0.3, -0.25) is 4.79 Å². The third-order valence-corrected chi connectivity index (χ3v) is 9.69. The van der Waals surface area contributed by atoms with E-state index in [4.69, 9.17) is 23.7 Å². The van der Waals surface area contributed by atoms with Crippen LogP contribution in [0.4, 0.5) is 26.3 Å². The maximum absolute atomic E-state index is 13.7. The average Bonchev–Trinajstić information content (AvgIpc) is 3.67. The number of ketones is 2. The summed E-state index contributed by atoms with van der Waals surface area (Å²) in [4.78, 5) is 35.7. The number of rotatable bonds is 16. The van der Waals surface area contributed by atoms with Crippen LogP contribution in [0, 0.1) is 6.92 Å². The molecule has 9 nitrogen and oxygen atoms in total. The second kappa shape index (κ2) is 21.4. The van der Waals surface area contributed by atoms with Crippen LogP contribution in [0.25, 0.3) is 16.9 Å². The SMILES string of the molecule is CCOC(=O)c1cccc(-n2c(C)ccc2-c2cc(C(F)(F)F)ccc2OCc2ccc(OC)cc2)c1.COc1ccc(COc2ccc(C(F)(F)F)cc2C(=O)CCC(C)=O)cc1. The normalized spacial score (nSPS) is 11.2. The topological polar surface area (TPSA) is 102 Å². The molecule has 0 atom stereocenters. The molecular weight excluding hydrogens is 845 g/mol.